The van der Waals surface area contributed by atoms with Gasteiger partial charge in [-0.25, -0.2) is 0 Å². The Bertz CT molecular complexity index is 869. The Hall–Kier alpha value is -2.21. The zero-order valence-electron chi connectivity index (χ0n) is 15.4. The fourth-order valence-corrected chi connectivity index (χ4v) is 3.46. The van der Waals surface area contributed by atoms with Gasteiger partial charge < -0.3 is 9.15 Å². The van der Waals surface area contributed by atoms with Crippen molar-refractivity contribution in [1.29, 1.82) is 0 Å². The third-order valence-electron chi connectivity index (χ3n) is 5.07. The Labute approximate surface area is 166 Å². The van der Waals surface area contributed by atoms with Crippen LogP contribution in [0.5, 0.6) is 0 Å². The number of ether oxygens (including phenoxy) is 1. The highest BCUT2D eigenvalue weighted by molar-refractivity contribution is 6.30. The van der Waals surface area contributed by atoms with E-state index in [9.17, 15) is 18.0 Å². The van der Waals surface area contributed by atoms with Crippen LogP contribution < -0.4 is 0 Å². The van der Waals surface area contributed by atoms with Gasteiger partial charge >= 0.3 is 12.1 Å². The lowest BCUT2D eigenvalue weighted by Gasteiger charge is -2.04. The molecular weight excluding hydrogens is 393 g/mol. The average molecular weight is 413 g/mol. The number of esters is 1. The van der Waals surface area contributed by atoms with Crippen LogP contribution in [-0.2, 0) is 22.6 Å². The molecule has 150 valence electrons. The van der Waals surface area contributed by atoms with Gasteiger partial charge in [-0.1, -0.05) is 61.9 Å². The first-order valence-corrected chi connectivity index (χ1v) is 9.18. The Kier molecular flexibility index (Phi) is 5.62. The molecule has 2 aromatic rings. The second kappa shape index (κ2) is 7.66. The minimum atomic E-state index is -4.61. The van der Waals surface area contributed by atoms with E-state index in [0.29, 0.717) is 12.0 Å². The highest BCUT2D eigenvalue weighted by atomic mass is 35.5. The third-order valence-corrected chi connectivity index (χ3v) is 5.41. The predicted octanol–water partition coefficient (Wildman–Crippen LogP) is 5.87. The average Bonchev–Trinajstić information content (AvgIpc) is 2.94. The van der Waals surface area contributed by atoms with Crippen molar-refractivity contribution in [2.75, 3.05) is 0 Å². The van der Waals surface area contributed by atoms with Crippen LogP contribution in [0.1, 0.15) is 30.7 Å². The molecule has 0 bridgehead atoms. The number of benzene rings is 1. The van der Waals surface area contributed by atoms with Gasteiger partial charge in [0.1, 0.15) is 17.4 Å². The van der Waals surface area contributed by atoms with Crippen molar-refractivity contribution < 1.29 is 27.1 Å². The summed E-state index contributed by atoms with van der Waals surface area (Å²) in [5.41, 5.74) is 1.16. The number of alkyl halides is 3. The molecule has 1 aliphatic carbocycles. The van der Waals surface area contributed by atoms with Crippen molar-refractivity contribution in [3.8, 4) is 0 Å². The van der Waals surface area contributed by atoms with Crippen LogP contribution in [0, 0.1) is 17.3 Å². The Morgan fingerprint density at radius 2 is 1.93 bits per heavy atom. The molecule has 2 atom stereocenters. The lowest BCUT2D eigenvalue weighted by Crippen LogP contribution is -2.10. The largest absolute Gasteiger partial charge is 0.469 e. The number of allylic oxidation sites excluding steroid dienone is 2. The first kappa shape index (κ1) is 20.5. The summed E-state index contributed by atoms with van der Waals surface area (Å²) in [6, 6.07) is 11.6. The van der Waals surface area contributed by atoms with E-state index in [0.717, 1.165) is 17.4 Å². The second-order valence-electron chi connectivity index (χ2n) is 7.53. The van der Waals surface area contributed by atoms with Crippen LogP contribution in [-0.4, -0.2) is 12.1 Å². The van der Waals surface area contributed by atoms with E-state index >= 15 is 0 Å². The molecule has 1 heterocycles. The van der Waals surface area contributed by atoms with E-state index in [2.05, 4.69) is 0 Å². The number of halogens is 4. The third kappa shape index (κ3) is 4.61. The standard InChI is InChI=1S/C21H20ClF3O3/c1-20(2)16(10-17(22)21(23,24)25)18(20)19(26)28-12-14-9-15(27-11-14)8-13-6-4-3-5-7-13/h3-7,9-11,16,18H,8,12H2,1-2H3/b17-10-. The molecule has 0 spiro atoms. The van der Waals surface area contributed by atoms with Crippen LogP contribution in [0.4, 0.5) is 13.2 Å². The maximum absolute atomic E-state index is 12.6. The summed E-state index contributed by atoms with van der Waals surface area (Å²) in [7, 11) is 0. The number of hydrogen-bond acceptors (Lipinski definition) is 3. The highest BCUT2D eigenvalue weighted by Crippen LogP contribution is 2.60. The smallest absolute Gasteiger partial charge is 0.426 e. The molecule has 1 aromatic heterocycles. The van der Waals surface area contributed by atoms with Gasteiger partial charge in [0.2, 0.25) is 0 Å². The van der Waals surface area contributed by atoms with Gasteiger partial charge in [-0.3, -0.25) is 4.79 Å². The Morgan fingerprint density at radius 3 is 2.57 bits per heavy atom. The maximum atomic E-state index is 12.6. The summed E-state index contributed by atoms with van der Waals surface area (Å²) in [6.45, 7) is 3.44. The molecule has 0 aliphatic heterocycles. The molecule has 0 radical (unpaired) electrons. The second-order valence-corrected chi connectivity index (χ2v) is 7.94. The van der Waals surface area contributed by atoms with Gasteiger partial charge in [0.05, 0.1) is 12.2 Å². The summed E-state index contributed by atoms with van der Waals surface area (Å²) in [4.78, 5) is 12.3. The molecule has 1 aliphatic rings. The molecule has 1 aromatic carbocycles. The zero-order valence-corrected chi connectivity index (χ0v) is 16.2. The first-order valence-electron chi connectivity index (χ1n) is 8.80. The molecule has 0 N–H and O–H groups in total. The van der Waals surface area contributed by atoms with Gasteiger partial charge in [-0.2, -0.15) is 13.2 Å². The number of hydrogen-bond donors (Lipinski definition) is 0. The SMILES string of the molecule is CC1(C)C(/C=C(\Cl)C(F)(F)F)C1C(=O)OCc1coc(Cc2ccccc2)c1. The summed E-state index contributed by atoms with van der Waals surface area (Å²) in [5, 5.41) is -1.21. The lowest BCUT2D eigenvalue weighted by atomic mass is 10.1. The summed E-state index contributed by atoms with van der Waals surface area (Å²) in [5.74, 6) is -1.06. The maximum Gasteiger partial charge on any atom is 0.426 e. The van der Waals surface area contributed by atoms with Gasteiger partial charge in [-0.05, 0) is 23.0 Å². The zero-order chi connectivity index (χ0) is 20.5. The van der Waals surface area contributed by atoms with Crippen molar-refractivity contribution in [3.05, 3.63) is 70.7 Å². The fraction of sp³-hybridized carbons (Fsp3) is 0.381. The predicted molar refractivity (Wildman–Crippen MR) is 98.5 cm³/mol. The van der Waals surface area contributed by atoms with Crippen LogP contribution in [0.2, 0.25) is 0 Å². The number of rotatable bonds is 6. The number of carbonyl (C=O) groups is 1. The van der Waals surface area contributed by atoms with E-state index in [-0.39, 0.29) is 6.61 Å². The number of furan rings is 1. The van der Waals surface area contributed by atoms with Crippen LogP contribution >= 0.6 is 11.6 Å². The van der Waals surface area contributed by atoms with E-state index in [1.165, 1.54) is 6.26 Å². The van der Waals surface area contributed by atoms with Gasteiger partial charge in [-0.15, -0.1) is 0 Å². The monoisotopic (exact) mass is 412 g/mol. The first-order chi connectivity index (χ1) is 13.1. The van der Waals surface area contributed by atoms with Crippen molar-refractivity contribution in [1.82, 2.24) is 0 Å². The minimum Gasteiger partial charge on any atom is -0.469 e. The molecule has 0 amide bonds. The van der Waals surface area contributed by atoms with Crippen LogP contribution in [0.15, 0.2) is 58.2 Å². The van der Waals surface area contributed by atoms with Crippen molar-refractivity contribution in [3.63, 3.8) is 0 Å². The molecule has 28 heavy (non-hydrogen) atoms. The van der Waals surface area contributed by atoms with E-state index in [1.807, 2.05) is 30.3 Å². The van der Waals surface area contributed by atoms with Crippen molar-refractivity contribution in [2.45, 2.75) is 33.1 Å². The molecule has 2 unspecified atom stereocenters. The van der Waals surface area contributed by atoms with E-state index in [4.69, 9.17) is 20.8 Å². The quantitative estimate of drug-likeness (QED) is 0.557. The van der Waals surface area contributed by atoms with Crippen LogP contribution in [0.3, 0.4) is 0 Å². The Balaban J connectivity index is 1.56. The molecule has 3 rings (SSSR count). The van der Waals surface area contributed by atoms with E-state index in [1.54, 1.807) is 19.9 Å². The van der Waals surface area contributed by atoms with E-state index < -0.39 is 34.4 Å². The normalized spacial score (nSPS) is 21.4. The molecule has 0 saturated heterocycles. The highest BCUT2D eigenvalue weighted by Gasteiger charge is 2.62. The Morgan fingerprint density at radius 1 is 1.25 bits per heavy atom. The lowest BCUT2D eigenvalue weighted by molar-refractivity contribution is -0.147. The molecule has 7 heteroatoms. The van der Waals surface area contributed by atoms with Crippen molar-refractivity contribution >= 4 is 17.6 Å². The minimum absolute atomic E-state index is 0.00708. The van der Waals surface area contributed by atoms with Gasteiger partial charge in [0, 0.05) is 12.0 Å². The molecule has 1 fully saturated rings. The number of carbonyl (C=O) groups excluding carboxylic acids is 1. The fourth-order valence-electron chi connectivity index (χ4n) is 3.33. The van der Waals surface area contributed by atoms with Gasteiger partial charge in [0.25, 0.3) is 0 Å². The summed E-state index contributed by atoms with van der Waals surface area (Å²) >= 11 is 5.30. The van der Waals surface area contributed by atoms with Crippen molar-refractivity contribution in [2.24, 2.45) is 17.3 Å². The summed E-state index contributed by atoms with van der Waals surface area (Å²) in [6.07, 6.45) is -1.57. The molecular formula is C21H20ClF3O3. The molecule has 1 saturated carbocycles. The molecule has 3 nitrogen and oxygen atoms in total. The topological polar surface area (TPSA) is 39.4 Å². The van der Waals surface area contributed by atoms with Crippen LogP contribution in [0.25, 0.3) is 0 Å². The summed E-state index contributed by atoms with van der Waals surface area (Å²) < 4.78 is 48.6. The van der Waals surface area contributed by atoms with Gasteiger partial charge in [0.15, 0.2) is 0 Å².